The summed E-state index contributed by atoms with van der Waals surface area (Å²) in [6.45, 7) is 6.20. The molecule has 1 radical (unpaired) electrons. The van der Waals surface area contributed by atoms with Crippen LogP contribution in [0.1, 0.15) is 47.8 Å². The number of carbonyl (C=O) groups excluding carboxylic acids is 1. The summed E-state index contributed by atoms with van der Waals surface area (Å²) in [6, 6.07) is 9.57. The van der Waals surface area contributed by atoms with Crippen molar-refractivity contribution in [3.63, 3.8) is 0 Å². The number of aryl methyl sites for hydroxylation is 1. The Labute approximate surface area is 202 Å². The number of nitrogens with zero attached hydrogens (tertiary/aromatic N) is 1. The van der Waals surface area contributed by atoms with Crippen LogP contribution in [0.5, 0.6) is 0 Å². The van der Waals surface area contributed by atoms with Gasteiger partial charge >= 0.3 is 0 Å². The van der Waals surface area contributed by atoms with E-state index in [-0.39, 0.29) is 17.4 Å². The highest BCUT2D eigenvalue weighted by atomic mass is 127. The van der Waals surface area contributed by atoms with E-state index in [0.717, 1.165) is 31.2 Å². The zero-order valence-electron chi connectivity index (χ0n) is 18.2. The number of furan rings is 1. The number of amides is 1. The number of rotatable bonds is 10. The molecule has 3 rings (SSSR count). The van der Waals surface area contributed by atoms with Gasteiger partial charge in [-0.3, -0.25) is 4.79 Å². The van der Waals surface area contributed by atoms with E-state index in [1.165, 1.54) is 5.56 Å². The second-order valence-corrected chi connectivity index (χ2v) is 10.4. The maximum absolute atomic E-state index is 12.7. The van der Waals surface area contributed by atoms with Crippen LogP contribution in [0, 0.1) is 10.5 Å². The van der Waals surface area contributed by atoms with E-state index in [2.05, 4.69) is 28.9 Å². The minimum atomic E-state index is -3.55. The maximum atomic E-state index is 12.7. The van der Waals surface area contributed by atoms with Crippen LogP contribution in [0.3, 0.4) is 0 Å². The molecule has 0 atom stereocenters. The Morgan fingerprint density at radius 3 is 2.56 bits per heavy atom. The van der Waals surface area contributed by atoms with E-state index in [1.54, 1.807) is 13.1 Å². The summed E-state index contributed by atoms with van der Waals surface area (Å²) in [5, 5.41) is 3.21. The van der Waals surface area contributed by atoms with Crippen LogP contribution in [0.2, 0.25) is 0 Å². The van der Waals surface area contributed by atoms with E-state index >= 15 is 0 Å². The lowest BCUT2D eigenvalue weighted by Gasteiger charge is -2.07. The summed E-state index contributed by atoms with van der Waals surface area (Å²) in [6.07, 6.45) is 3.28. The zero-order valence-corrected chi connectivity index (χ0v) is 21.2. The molecule has 3 aromatic rings. The van der Waals surface area contributed by atoms with Crippen LogP contribution in [0.4, 0.5) is 0 Å². The van der Waals surface area contributed by atoms with Gasteiger partial charge in [-0.2, -0.15) is 0 Å². The molecule has 0 saturated heterocycles. The molecule has 1 amide bonds. The number of aromatic nitrogens is 1. The van der Waals surface area contributed by atoms with Crippen molar-refractivity contribution >= 4 is 49.6 Å². The number of carbonyl (C=O) groups is 1. The van der Waals surface area contributed by atoms with Gasteiger partial charge in [0.25, 0.3) is 5.91 Å². The van der Waals surface area contributed by atoms with Crippen LogP contribution in [0.15, 0.2) is 34.7 Å². The molecule has 0 saturated carbocycles. The lowest BCUT2D eigenvalue weighted by Crippen LogP contribution is -2.26. The molecule has 32 heavy (non-hydrogen) atoms. The third kappa shape index (κ3) is 5.68. The zero-order chi connectivity index (χ0) is 23.3. The molecule has 0 aliphatic heterocycles. The van der Waals surface area contributed by atoms with Gasteiger partial charge in [-0.1, -0.05) is 51.0 Å². The Balaban J connectivity index is 2.01. The molecule has 2 aromatic heterocycles. The number of nitrogens with one attached hydrogen (secondary N) is 2. The van der Waals surface area contributed by atoms with Gasteiger partial charge in [0.2, 0.25) is 15.7 Å². The van der Waals surface area contributed by atoms with Crippen molar-refractivity contribution in [2.24, 2.45) is 0 Å². The van der Waals surface area contributed by atoms with Crippen molar-refractivity contribution in [1.29, 1.82) is 0 Å². The molecule has 2 heterocycles. The predicted molar refractivity (Wildman–Crippen MR) is 135 cm³/mol. The molecule has 0 spiro atoms. The monoisotopic (exact) mass is 568 g/mol. The first-order chi connectivity index (χ1) is 15.3. The van der Waals surface area contributed by atoms with E-state index < -0.39 is 10.0 Å². The van der Waals surface area contributed by atoms with Crippen LogP contribution in [-0.4, -0.2) is 32.9 Å². The molecule has 171 valence electrons. The minimum Gasteiger partial charge on any atom is -0.437 e. The van der Waals surface area contributed by atoms with Crippen molar-refractivity contribution in [3.8, 4) is 11.3 Å². The number of benzene rings is 1. The number of hydrogen-bond donors (Lipinski definition) is 2. The second-order valence-electron chi connectivity index (χ2n) is 7.42. The summed E-state index contributed by atoms with van der Waals surface area (Å²) in [7, 11) is -1.99. The lowest BCUT2D eigenvalue weighted by molar-refractivity contribution is 0.0964. The summed E-state index contributed by atoms with van der Waals surface area (Å²) in [5.41, 5.74) is 2.94. The average Bonchev–Trinajstić information content (AvgIpc) is 3.14. The first-order valence-electron chi connectivity index (χ1n) is 10.5. The minimum absolute atomic E-state index is 0.237. The molecule has 0 bridgehead atoms. The molecule has 9 heteroatoms. The number of unbranched alkanes of at least 4 members (excludes halogenated alkanes) is 2. The molecule has 1 aromatic carbocycles. The van der Waals surface area contributed by atoms with E-state index in [9.17, 15) is 13.2 Å². The van der Waals surface area contributed by atoms with Crippen molar-refractivity contribution in [2.75, 3.05) is 13.6 Å². The Bertz CT molecular complexity index is 1200. The number of sulfonamides is 1. The molecule has 0 fully saturated rings. The lowest BCUT2D eigenvalue weighted by atomic mass is 10.0. The fraction of sp³-hybridized carbons (Fsp3) is 0.348. The summed E-state index contributed by atoms with van der Waals surface area (Å²) >= 11 is 2.05. The van der Waals surface area contributed by atoms with Gasteiger partial charge in [0.1, 0.15) is 11.5 Å². The smallest absolute Gasteiger partial charge is 0.255 e. The fourth-order valence-corrected chi connectivity index (χ4v) is 5.36. The van der Waals surface area contributed by atoms with Gasteiger partial charge in [0, 0.05) is 22.7 Å². The van der Waals surface area contributed by atoms with Crippen LogP contribution >= 0.6 is 22.6 Å². The van der Waals surface area contributed by atoms with Gasteiger partial charge in [0.05, 0.1) is 16.6 Å². The largest absolute Gasteiger partial charge is 0.437 e. The number of halogens is 1. The van der Waals surface area contributed by atoms with Crippen molar-refractivity contribution in [1.82, 2.24) is 15.0 Å². The Kier molecular flexibility index (Phi) is 8.29. The molecule has 2 N–H and O–H groups in total. The molecular formula is C23H27IN3O4S. The van der Waals surface area contributed by atoms with Crippen molar-refractivity contribution in [2.45, 2.75) is 38.4 Å². The molecule has 7 nitrogen and oxygen atoms in total. The Morgan fingerprint density at radius 2 is 1.94 bits per heavy atom. The predicted octanol–water partition coefficient (Wildman–Crippen LogP) is 4.45. The highest BCUT2D eigenvalue weighted by Crippen LogP contribution is 2.34. The molecular weight excluding hydrogens is 541 g/mol. The van der Waals surface area contributed by atoms with E-state index in [4.69, 9.17) is 4.42 Å². The Morgan fingerprint density at radius 1 is 1.22 bits per heavy atom. The number of pyridine rings is 1. The Hall–Kier alpha value is -1.98. The quantitative estimate of drug-likeness (QED) is 0.278. The van der Waals surface area contributed by atoms with E-state index in [0.29, 0.717) is 32.5 Å². The second kappa shape index (κ2) is 10.8. The van der Waals surface area contributed by atoms with Crippen LogP contribution in [-0.2, 0) is 22.2 Å². The third-order valence-electron chi connectivity index (χ3n) is 5.11. The fourth-order valence-electron chi connectivity index (χ4n) is 3.34. The number of fused-ring (bicyclic) bond motifs is 1. The first-order valence-corrected chi connectivity index (χ1v) is 13.2. The highest BCUT2D eigenvalue weighted by Gasteiger charge is 2.25. The molecule has 0 aliphatic carbocycles. The topological polar surface area (TPSA) is 101 Å². The van der Waals surface area contributed by atoms with Crippen LogP contribution in [0.25, 0.3) is 22.4 Å². The standard InChI is InChI=1S/C23H27IN3O4S/c1-4-6-7-12-26-32(29,30)14-19-18(24)13-17-20(22(28)25-3)21(31-23(17)27-19)16-10-8-15(5-2)9-11-16/h8-11,13,26H,1,4-7,12,14H2,2-3H3,(H,25,28). The third-order valence-corrected chi connectivity index (χ3v) is 7.34. The van der Waals surface area contributed by atoms with Crippen LogP contribution < -0.4 is 10.0 Å². The molecule has 0 aliphatic rings. The van der Waals surface area contributed by atoms with Gasteiger partial charge < -0.3 is 9.73 Å². The maximum Gasteiger partial charge on any atom is 0.255 e. The van der Waals surface area contributed by atoms with Crippen molar-refractivity contribution in [3.05, 3.63) is 57.6 Å². The SMILES string of the molecule is [CH2]CCCCNS(=O)(=O)Cc1nc2oc(-c3ccc(CC)cc3)c(C(=O)NC)c2cc1I. The highest BCUT2D eigenvalue weighted by molar-refractivity contribution is 14.1. The molecule has 0 unspecified atom stereocenters. The summed E-state index contributed by atoms with van der Waals surface area (Å²) in [5.74, 6) is -0.137. The summed E-state index contributed by atoms with van der Waals surface area (Å²) < 4.78 is 34.3. The summed E-state index contributed by atoms with van der Waals surface area (Å²) in [4.78, 5) is 17.2. The first kappa shape index (κ1) is 24.7. The van der Waals surface area contributed by atoms with Gasteiger partial charge in [-0.25, -0.2) is 18.1 Å². The van der Waals surface area contributed by atoms with Gasteiger partial charge in [-0.05, 0) is 47.1 Å². The average molecular weight is 568 g/mol. The van der Waals surface area contributed by atoms with Gasteiger partial charge in [-0.15, -0.1) is 0 Å². The number of hydrogen-bond acceptors (Lipinski definition) is 5. The van der Waals surface area contributed by atoms with Crippen molar-refractivity contribution < 1.29 is 17.6 Å². The van der Waals surface area contributed by atoms with E-state index in [1.807, 2.05) is 46.9 Å². The van der Waals surface area contributed by atoms with Gasteiger partial charge in [0.15, 0.2) is 0 Å². The normalized spacial score (nSPS) is 11.8.